The minimum Gasteiger partial charge on any atom is -0.366 e. The third-order valence-corrected chi connectivity index (χ3v) is 6.51. The first-order valence-electron chi connectivity index (χ1n) is 10.9. The molecule has 3 heterocycles. The molecule has 168 valence electrons. The molecule has 1 aliphatic rings. The molecule has 2 amide bonds. The number of carbonyl (C=O) groups excluding carboxylic acids is 2. The number of primary amides is 1. The maximum Gasteiger partial charge on any atom is 0.250 e. The summed E-state index contributed by atoms with van der Waals surface area (Å²) in [5.41, 5.74) is 10.3. The van der Waals surface area contributed by atoms with Gasteiger partial charge in [0.2, 0.25) is 5.91 Å². The zero-order chi connectivity index (χ0) is 23.0. The SMILES string of the molecule is Cc1nn(CCC(=O)N2CCC[C@H](c3nc4ccc(F)cc4cc3C(N)=O)C2)c(C)c1C. The fourth-order valence-electron chi connectivity index (χ4n) is 4.46. The van der Waals surface area contributed by atoms with Crippen molar-refractivity contribution in [2.24, 2.45) is 5.73 Å². The van der Waals surface area contributed by atoms with Crippen LogP contribution in [-0.2, 0) is 11.3 Å². The van der Waals surface area contributed by atoms with Gasteiger partial charge in [-0.05, 0) is 63.4 Å². The second-order valence-electron chi connectivity index (χ2n) is 8.57. The fraction of sp³-hybridized carbons (Fsp3) is 0.417. The van der Waals surface area contributed by atoms with Crippen LogP contribution in [0.1, 0.15) is 58.2 Å². The Morgan fingerprint density at radius 3 is 2.69 bits per heavy atom. The van der Waals surface area contributed by atoms with Gasteiger partial charge in [0.05, 0.1) is 22.5 Å². The maximum absolute atomic E-state index is 13.6. The van der Waals surface area contributed by atoms with Crippen molar-refractivity contribution in [3.8, 4) is 0 Å². The highest BCUT2D eigenvalue weighted by atomic mass is 19.1. The van der Waals surface area contributed by atoms with E-state index in [-0.39, 0.29) is 11.8 Å². The van der Waals surface area contributed by atoms with Gasteiger partial charge in [-0.3, -0.25) is 19.3 Å². The van der Waals surface area contributed by atoms with Crippen molar-refractivity contribution in [3.05, 3.63) is 58.3 Å². The largest absolute Gasteiger partial charge is 0.366 e. The number of hydrogen-bond acceptors (Lipinski definition) is 4. The summed E-state index contributed by atoms with van der Waals surface area (Å²) in [6.45, 7) is 7.71. The van der Waals surface area contributed by atoms with Crippen LogP contribution in [0.5, 0.6) is 0 Å². The number of fused-ring (bicyclic) bond motifs is 1. The van der Waals surface area contributed by atoms with Gasteiger partial charge in [-0.2, -0.15) is 5.10 Å². The van der Waals surface area contributed by atoms with Crippen molar-refractivity contribution in [1.29, 1.82) is 0 Å². The number of nitrogens with zero attached hydrogens (tertiary/aromatic N) is 4. The summed E-state index contributed by atoms with van der Waals surface area (Å²) in [6, 6.07) is 5.90. The maximum atomic E-state index is 13.6. The molecule has 3 aromatic rings. The van der Waals surface area contributed by atoms with Crippen molar-refractivity contribution in [1.82, 2.24) is 19.7 Å². The summed E-state index contributed by atoms with van der Waals surface area (Å²) in [5.74, 6) is -1.03. The number of carbonyl (C=O) groups is 2. The van der Waals surface area contributed by atoms with Crippen molar-refractivity contribution < 1.29 is 14.0 Å². The molecule has 0 radical (unpaired) electrons. The smallest absolute Gasteiger partial charge is 0.250 e. The molecule has 32 heavy (non-hydrogen) atoms. The molecular formula is C24H28FN5O2. The van der Waals surface area contributed by atoms with Crippen LogP contribution >= 0.6 is 0 Å². The fourth-order valence-corrected chi connectivity index (χ4v) is 4.46. The van der Waals surface area contributed by atoms with Gasteiger partial charge in [0.25, 0.3) is 5.91 Å². The number of aryl methyl sites for hydroxylation is 2. The van der Waals surface area contributed by atoms with E-state index < -0.39 is 11.7 Å². The molecule has 0 unspecified atom stereocenters. The first-order chi connectivity index (χ1) is 15.2. The van der Waals surface area contributed by atoms with Crippen LogP contribution in [0.15, 0.2) is 24.3 Å². The van der Waals surface area contributed by atoms with E-state index in [1.807, 2.05) is 30.4 Å². The van der Waals surface area contributed by atoms with Crippen molar-refractivity contribution in [3.63, 3.8) is 0 Å². The minimum atomic E-state index is -0.595. The van der Waals surface area contributed by atoms with Crippen molar-refractivity contribution in [2.75, 3.05) is 13.1 Å². The van der Waals surface area contributed by atoms with E-state index in [1.165, 1.54) is 12.1 Å². The third kappa shape index (κ3) is 4.22. The first-order valence-corrected chi connectivity index (χ1v) is 10.9. The number of rotatable bonds is 5. The molecule has 1 fully saturated rings. The van der Waals surface area contributed by atoms with Gasteiger partial charge in [-0.25, -0.2) is 4.39 Å². The van der Waals surface area contributed by atoms with E-state index >= 15 is 0 Å². The van der Waals surface area contributed by atoms with Gasteiger partial charge in [-0.1, -0.05) is 0 Å². The number of halogens is 1. The average molecular weight is 438 g/mol. The summed E-state index contributed by atoms with van der Waals surface area (Å²) in [4.78, 5) is 31.6. The molecule has 1 aromatic carbocycles. The summed E-state index contributed by atoms with van der Waals surface area (Å²) in [7, 11) is 0. The van der Waals surface area contributed by atoms with Crippen molar-refractivity contribution >= 4 is 22.7 Å². The summed E-state index contributed by atoms with van der Waals surface area (Å²) >= 11 is 0. The Morgan fingerprint density at radius 2 is 2.00 bits per heavy atom. The van der Waals surface area contributed by atoms with Crippen LogP contribution in [0.3, 0.4) is 0 Å². The predicted molar refractivity (Wildman–Crippen MR) is 120 cm³/mol. The van der Waals surface area contributed by atoms with E-state index in [1.54, 1.807) is 12.1 Å². The number of pyridine rings is 1. The van der Waals surface area contributed by atoms with Gasteiger partial charge in [0.1, 0.15) is 5.82 Å². The molecule has 0 bridgehead atoms. The Bertz CT molecular complexity index is 1200. The van der Waals surface area contributed by atoms with E-state index in [4.69, 9.17) is 5.73 Å². The Hall–Kier alpha value is -3.29. The van der Waals surface area contributed by atoms with E-state index in [9.17, 15) is 14.0 Å². The quantitative estimate of drug-likeness (QED) is 0.662. The Morgan fingerprint density at radius 1 is 1.22 bits per heavy atom. The lowest BCUT2D eigenvalue weighted by Crippen LogP contribution is -2.40. The lowest BCUT2D eigenvalue weighted by atomic mass is 9.90. The zero-order valence-electron chi connectivity index (χ0n) is 18.7. The van der Waals surface area contributed by atoms with Crippen LogP contribution < -0.4 is 5.73 Å². The van der Waals surface area contributed by atoms with Gasteiger partial charge in [0, 0.05) is 43.1 Å². The minimum absolute atomic E-state index is 0.0587. The van der Waals surface area contributed by atoms with Crippen LogP contribution in [-0.4, -0.2) is 44.6 Å². The van der Waals surface area contributed by atoms with Gasteiger partial charge >= 0.3 is 0 Å². The van der Waals surface area contributed by atoms with Crippen LogP contribution in [0, 0.1) is 26.6 Å². The second-order valence-corrected chi connectivity index (χ2v) is 8.57. The molecule has 0 aliphatic carbocycles. The molecular weight excluding hydrogens is 409 g/mol. The highest BCUT2D eigenvalue weighted by molar-refractivity contribution is 5.97. The predicted octanol–water partition coefficient (Wildman–Crippen LogP) is 3.39. The number of nitrogens with two attached hydrogens (primary N) is 1. The number of benzene rings is 1. The second kappa shape index (κ2) is 8.68. The highest BCUT2D eigenvalue weighted by Crippen LogP contribution is 2.30. The Balaban J connectivity index is 1.53. The summed E-state index contributed by atoms with van der Waals surface area (Å²) in [6.07, 6.45) is 1.98. The Kier molecular flexibility index (Phi) is 5.95. The first kappa shape index (κ1) is 21.9. The van der Waals surface area contributed by atoms with Gasteiger partial charge < -0.3 is 10.6 Å². The van der Waals surface area contributed by atoms with Gasteiger partial charge in [-0.15, -0.1) is 0 Å². The average Bonchev–Trinajstić information content (AvgIpc) is 3.03. The topological polar surface area (TPSA) is 94.1 Å². The summed E-state index contributed by atoms with van der Waals surface area (Å²) in [5, 5.41) is 5.05. The molecule has 0 spiro atoms. The molecule has 7 nitrogen and oxygen atoms in total. The van der Waals surface area contributed by atoms with Crippen LogP contribution in [0.25, 0.3) is 10.9 Å². The normalized spacial score (nSPS) is 16.5. The monoisotopic (exact) mass is 437 g/mol. The molecule has 2 N–H and O–H groups in total. The van der Waals surface area contributed by atoms with E-state index in [0.29, 0.717) is 48.2 Å². The third-order valence-electron chi connectivity index (χ3n) is 6.51. The Labute approximate surface area is 186 Å². The lowest BCUT2D eigenvalue weighted by Gasteiger charge is -2.33. The molecule has 1 saturated heterocycles. The number of amides is 2. The number of likely N-dealkylation sites (tertiary alicyclic amines) is 1. The number of aromatic nitrogens is 3. The molecule has 1 aliphatic heterocycles. The lowest BCUT2D eigenvalue weighted by molar-refractivity contribution is -0.132. The van der Waals surface area contributed by atoms with E-state index in [0.717, 1.165) is 29.8 Å². The standard InChI is InChI=1S/C24H28FN5O2/c1-14-15(2)28-30(16(14)3)10-8-22(31)29-9-4-5-17(13-29)23-20(24(26)32)12-18-11-19(25)6-7-21(18)27-23/h6-7,11-12,17H,4-5,8-10,13H2,1-3H3,(H2,26,32)/t17-/m0/s1. The highest BCUT2D eigenvalue weighted by Gasteiger charge is 2.28. The van der Waals surface area contributed by atoms with E-state index in [2.05, 4.69) is 10.1 Å². The van der Waals surface area contributed by atoms with Crippen LogP contribution in [0.2, 0.25) is 0 Å². The zero-order valence-corrected chi connectivity index (χ0v) is 18.7. The number of piperidine rings is 1. The van der Waals surface area contributed by atoms with Gasteiger partial charge in [0.15, 0.2) is 0 Å². The molecule has 2 aromatic heterocycles. The van der Waals surface area contributed by atoms with Crippen LogP contribution in [0.4, 0.5) is 4.39 Å². The molecule has 0 saturated carbocycles. The number of hydrogen-bond donors (Lipinski definition) is 1. The summed E-state index contributed by atoms with van der Waals surface area (Å²) < 4.78 is 15.5. The molecule has 4 rings (SSSR count). The molecule has 1 atom stereocenters. The molecule has 8 heteroatoms. The van der Waals surface area contributed by atoms with Crippen molar-refractivity contribution in [2.45, 2.75) is 52.5 Å².